The molecule has 0 amide bonds. The monoisotopic (exact) mass is 422 g/mol. The fraction of sp³-hybridized carbons (Fsp3) is 0.522. The maximum absolute atomic E-state index is 5.59. The summed E-state index contributed by atoms with van der Waals surface area (Å²) in [4.78, 5) is 11.5. The van der Waals surface area contributed by atoms with Crippen LogP contribution in [-0.4, -0.2) is 65.7 Å². The highest BCUT2D eigenvalue weighted by Crippen LogP contribution is 2.32. The van der Waals surface area contributed by atoms with Crippen LogP contribution >= 0.6 is 0 Å². The number of nitrogens with one attached hydrogen (secondary N) is 1. The molecule has 1 aromatic carbocycles. The lowest BCUT2D eigenvalue weighted by molar-refractivity contribution is 0.0984. The molecule has 164 valence electrons. The number of aryl methyl sites for hydroxylation is 1. The van der Waals surface area contributed by atoms with Crippen LogP contribution in [0.15, 0.2) is 24.4 Å². The number of nitrogens with zero attached hydrogens (tertiary/aromatic N) is 5. The van der Waals surface area contributed by atoms with Gasteiger partial charge in [0.15, 0.2) is 5.82 Å². The van der Waals surface area contributed by atoms with Crippen LogP contribution in [0, 0.1) is 6.92 Å². The fourth-order valence-electron chi connectivity index (χ4n) is 4.77. The zero-order valence-electron chi connectivity index (χ0n) is 18.5. The summed E-state index contributed by atoms with van der Waals surface area (Å²) >= 11 is 0. The van der Waals surface area contributed by atoms with Crippen molar-refractivity contribution in [3.05, 3.63) is 35.5 Å². The molecule has 0 spiro atoms. The van der Waals surface area contributed by atoms with Crippen LogP contribution in [-0.2, 0) is 4.74 Å². The van der Waals surface area contributed by atoms with Gasteiger partial charge in [-0.1, -0.05) is 0 Å². The van der Waals surface area contributed by atoms with Gasteiger partial charge in [-0.2, -0.15) is 15.1 Å². The number of hydrogen-bond acceptors (Lipinski definition) is 7. The minimum atomic E-state index is 0.240. The Kier molecular flexibility index (Phi) is 5.50. The Morgan fingerprint density at radius 2 is 1.94 bits per heavy atom. The lowest BCUT2D eigenvalue weighted by atomic mass is 9.87. The number of ether oxygens (including phenoxy) is 2. The summed E-state index contributed by atoms with van der Waals surface area (Å²) < 4.78 is 13.0. The van der Waals surface area contributed by atoms with Crippen molar-refractivity contribution >= 4 is 16.7 Å². The van der Waals surface area contributed by atoms with Crippen molar-refractivity contribution in [3.8, 4) is 11.8 Å². The third-order valence-corrected chi connectivity index (χ3v) is 6.47. The van der Waals surface area contributed by atoms with Crippen molar-refractivity contribution in [1.82, 2.24) is 25.1 Å². The molecule has 31 heavy (non-hydrogen) atoms. The van der Waals surface area contributed by atoms with E-state index in [9.17, 15) is 0 Å². The zero-order chi connectivity index (χ0) is 21.4. The highest BCUT2D eigenvalue weighted by molar-refractivity contribution is 5.82. The summed E-state index contributed by atoms with van der Waals surface area (Å²) in [5, 5.41) is 9.27. The van der Waals surface area contributed by atoms with E-state index in [0.29, 0.717) is 25.1 Å². The molecule has 0 saturated carbocycles. The second-order valence-corrected chi connectivity index (χ2v) is 8.54. The summed E-state index contributed by atoms with van der Waals surface area (Å²) in [6.45, 7) is 8.67. The van der Waals surface area contributed by atoms with Gasteiger partial charge in [-0.3, -0.25) is 0 Å². The van der Waals surface area contributed by atoms with Crippen LogP contribution in [0.4, 0.5) is 5.82 Å². The Balaban J connectivity index is 1.59. The highest BCUT2D eigenvalue weighted by atomic mass is 16.5. The molecule has 0 bridgehead atoms. The average molecular weight is 423 g/mol. The molecule has 0 unspecified atom stereocenters. The molecule has 8 nitrogen and oxygen atoms in total. The molecule has 2 saturated heterocycles. The predicted molar refractivity (Wildman–Crippen MR) is 120 cm³/mol. The number of piperidine rings is 1. The molecule has 3 aromatic rings. The predicted octanol–water partition coefficient (Wildman–Crippen LogP) is 2.82. The van der Waals surface area contributed by atoms with E-state index in [1.807, 2.05) is 16.9 Å². The molecule has 0 radical (unpaired) electrons. The van der Waals surface area contributed by atoms with E-state index in [4.69, 9.17) is 9.47 Å². The summed E-state index contributed by atoms with van der Waals surface area (Å²) in [5.41, 5.74) is 3.82. The van der Waals surface area contributed by atoms with Gasteiger partial charge in [-0.15, -0.1) is 0 Å². The zero-order valence-corrected chi connectivity index (χ0v) is 18.5. The first kappa shape index (κ1) is 20.2. The smallest absolute Gasteiger partial charge is 0.320 e. The molecule has 4 heterocycles. The minimum absolute atomic E-state index is 0.240. The third kappa shape index (κ3) is 3.85. The Hall–Kier alpha value is -2.71. The fourth-order valence-corrected chi connectivity index (χ4v) is 4.77. The maximum atomic E-state index is 5.59. The second-order valence-electron chi connectivity index (χ2n) is 8.54. The van der Waals surface area contributed by atoms with Gasteiger partial charge in [0.05, 0.1) is 38.1 Å². The van der Waals surface area contributed by atoms with Crippen molar-refractivity contribution in [2.45, 2.75) is 38.6 Å². The van der Waals surface area contributed by atoms with Crippen molar-refractivity contribution in [3.63, 3.8) is 0 Å². The Bertz CT molecular complexity index is 1080. The van der Waals surface area contributed by atoms with E-state index in [2.05, 4.69) is 51.3 Å². The van der Waals surface area contributed by atoms with E-state index in [1.165, 1.54) is 24.0 Å². The molecule has 2 aliphatic heterocycles. The first-order chi connectivity index (χ1) is 15.1. The lowest BCUT2D eigenvalue weighted by Gasteiger charge is -2.34. The molecular weight excluding hydrogens is 392 g/mol. The van der Waals surface area contributed by atoms with Crippen LogP contribution in [0.5, 0.6) is 6.01 Å². The summed E-state index contributed by atoms with van der Waals surface area (Å²) in [6.07, 6.45) is 4.25. The lowest BCUT2D eigenvalue weighted by Crippen LogP contribution is -2.44. The number of hydrogen-bond donors (Lipinski definition) is 1. The van der Waals surface area contributed by atoms with E-state index < -0.39 is 0 Å². The SMILES string of the molecule is COc1nc(N2CCOC[C@@H]2C)cc(-n2ncc3cc(C)c(C4CCNCC4)cc32)n1. The van der Waals surface area contributed by atoms with Gasteiger partial charge in [-0.05, 0) is 69.0 Å². The molecular formula is C23H30N6O2. The van der Waals surface area contributed by atoms with Crippen molar-refractivity contribution in [1.29, 1.82) is 0 Å². The Morgan fingerprint density at radius 1 is 1.13 bits per heavy atom. The number of anilines is 1. The summed E-state index contributed by atoms with van der Waals surface area (Å²) in [7, 11) is 1.60. The Morgan fingerprint density at radius 3 is 2.71 bits per heavy atom. The maximum Gasteiger partial charge on any atom is 0.320 e. The van der Waals surface area contributed by atoms with Gasteiger partial charge in [0.25, 0.3) is 0 Å². The Labute approximate surface area is 182 Å². The number of aromatic nitrogens is 4. The van der Waals surface area contributed by atoms with E-state index in [-0.39, 0.29) is 6.04 Å². The number of benzene rings is 1. The molecule has 1 N–H and O–H groups in total. The average Bonchev–Trinajstić information content (AvgIpc) is 3.21. The van der Waals surface area contributed by atoms with Gasteiger partial charge < -0.3 is 19.7 Å². The molecule has 8 heteroatoms. The molecule has 0 aliphatic carbocycles. The first-order valence-electron chi connectivity index (χ1n) is 11.1. The molecule has 5 rings (SSSR count). The van der Waals surface area contributed by atoms with Gasteiger partial charge in [0.1, 0.15) is 5.82 Å². The standard InChI is InChI=1S/C23H30N6O2/c1-15-10-18-13-25-29(20(18)11-19(15)17-4-6-24-7-5-17)22-12-21(26-23(27-22)30-3)28-8-9-31-14-16(28)2/h10-13,16-17,24H,4-9,14H2,1-3H3/t16-/m0/s1. The molecule has 2 aromatic heterocycles. The molecule has 2 fully saturated rings. The molecule has 2 aliphatic rings. The van der Waals surface area contributed by atoms with Crippen LogP contribution in [0.1, 0.15) is 36.8 Å². The quantitative estimate of drug-likeness (QED) is 0.693. The summed E-state index contributed by atoms with van der Waals surface area (Å²) in [6, 6.07) is 7.14. The summed E-state index contributed by atoms with van der Waals surface area (Å²) in [5.74, 6) is 2.14. The number of fused-ring (bicyclic) bond motifs is 1. The second kappa shape index (κ2) is 8.43. The van der Waals surface area contributed by atoms with Gasteiger partial charge >= 0.3 is 6.01 Å². The highest BCUT2D eigenvalue weighted by Gasteiger charge is 2.23. The largest absolute Gasteiger partial charge is 0.467 e. The van der Waals surface area contributed by atoms with Gasteiger partial charge in [0.2, 0.25) is 0 Å². The van der Waals surface area contributed by atoms with Crippen molar-refractivity contribution < 1.29 is 9.47 Å². The number of morpholine rings is 1. The topological polar surface area (TPSA) is 77.3 Å². The third-order valence-electron chi connectivity index (χ3n) is 6.47. The van der Waals surface area contributed by atoms with Crippen LogP contribution in [0.2, 0.25) is 0 Å². The van der Waals surface area contributed by atoms with E-state index in [0.717, 1.165) is 42.2 Å². The first-order valence-corrected chi connectivity index (χ1v) is 11.1. The normalized spacial score (nSPS) is 20.4. The van der Waals surface area contributed by atoms with Gasteiger partial charge in [-0.25, -0.2) is 4.68 Å². The van der Waals surface area contributed by atoms with Gasteiger partial charge in [0, 0.05) is 18.0 Å². The number of methoxy groups -OCH3 is 1. The minimum Gasteiger partial charge on any atom is -0.467 e. The van der Waals surface area contributed by atoms with Crippen molar-refractivity contribution in [2.75, 3.05) is 44.9 Å². The number of rotatable bonds is 4. The van der Waals surface area contributed by atoms with Crippen LogP contribution in [0.25, 0.3) is 16.7 Å². The van der Waals surface area contributed by atoms with E-state index in [1.54, 1.807) is 7.11 Å². The van der Waals surface area contributed by atoms with Crippen LogP contribution in [0.3, 0.4) is 0 Å². The van der Waals surface area contributed by atoms with Crippen LogP contribution < -0.4 is 15.0 Å². The molecule has 1 atom stereocenters. The van der Waals surface area contributed by atoms with Crippen molar-refractivity contribution in [2.24, 2.45) is 0 Å². The van der Waals surface area contributed by atoms with E-state index >= 15 is 0 Å².